The van der Waals surface area contributed by atoms with Gasteiger partial charge in [0.15, 0.2) is 0 Å². The molecule has 2 heteroatoms. The van der Waals surface area contributed by atoms with E-state index in [1.54, 1.807) is 0 Å². The normalized spacial score (nSPS) is 9.85. The first-order valence-electron chi connectivity index (χ1n) is 7.92. The van der Waals surface area contributed by atoms with Crippen LogP contribution in [-0.4, -0.2) is 0 Å². The van der Waals surface area contributed by atoms with Crippen LogP contribution in [0.5, 0.6) is 0 Å². The van der Waals surface area contributed by atoms with Gasteiger partial charge >= 0.3 is 17.1 Å². The molecule has 0 radical (unpaired) electrons. The van der Waals surface area contributed by atoms with Crippen LogP contribution in [0, 0.1) is 27.8 Å². The van der Waals surface area contributed by atoms with E-state index < -0.39 is 0 Å². The van der Waals surface area contributed by atoms with Crippen molar-refractivity contribution in [3.8, 4) is 17.8 Å². The predicted molar refractivity (Wildman–Crippen MR) is 113 cm³/mol. The minimum atomic E-state index is 0. The first-order valence-corrected chi connectivity index (χ1v) is 8.99. The summed E-state index contributed by atoms with van der Waals surface area (Å²) < 4.78 is 1.20. The van der Waals surface area contributed by atoms with Gasteiger partial charge in [0.05, 0.1) is 0 Å². The maximum atomic E-state index is 7.56. The largest absolute Gasteiger partial charge is 1.00 e. The van der Waals surface area contributed by atoms with Crippen molar-refractivity contribution < 1.29 is 17.1 Å². The summed E-state index contributed by atoms with van der Waals surface area (Å²) in [6, 6.07) is 24.5. The van der Waals surface area contributed by atoms with E-state index in [1.807, 2.05) is 42.5 Å². The Bertz CT molecular complexity index is 1210. The van der Waals surface area contributed by atoms with Gasteiger partial charge in [0, 0.05) is 20.1 Å². The van der Waals surface area contributed by atoms with Crippen LogP contribution in [0.4, 0.5) is 0 Å². The minimum Gasteiger partial charge on any atom is -0.366 e. The number of fused-ring (bicyclic) bond motifs is 2. The summed E-state index contributed by atoms with van der Waals surface area (Å²) in [5.41, 5.74) is 2.72. The molecule has 0 saturated heterocycles. The van der Waals surface area contributed by atoms with Gasteiger partial charge in [-0.2, -0.15) is 0 Å². The third kappa shape index (κ3) is 3.37. The molecule has 0 aliphatic heterocycles. The summed E-state index contributed by atoms with van der Waals surface area (Å²) in [4.78, 5) is 0. The van der Waals surface area contributed by atoms with Crippen molar-refractivity contribution in [3.63, 3.8) is 0 Å². The van der Waals surface area contributed by atoms with Crippen molar-refractivity contribution in [2.45, 2.75) is 0 Å². The van der Waals surface area contributed by atoms with E-state index in [9.17, 15) is 0 Å². The summed E-state index contributed by atoms with van der Waals surface area (Å²) >= 11 is 2.36. The predicted octanol–water partition coefficient (Wildman–Crippen LogP) is 5.93. The fourth-order valence-electron chi connectivity index (χ4n) is 3.08. The third-order valence-electron chi connectivity index (χ3n) is 4.23. The fourth-order valence-corrected chi connectivity index (χ4v) is 3.89. The van der Waals surface area contributed by atoms with Crippen molar-refractivity contribution in [3.05, 3.63) is 99.5 Å². The molecule has 0 amide bonds. The van der Waals surface area contributed by atoms with Crippen LogP contribution in [0.1, 0.15) is 16.7 Å². The molecule has 26 heavy (non-hydrogen) atoms. The molecule has 4 aromatic rings. The van der Waals surface area contributed by atoms with E-state index in [0.717, 1.165) is 27.5 Å². The van der Waals surface area contributed by atoms with Crippen molar-refractivity contribution in [1.82, 2.24) is 0 Å². The number of halogens is 1. The van der Waals surface area contributed by atoms with Crippen LogP contribution in [0.15, 0.2) is 72.8 Å². The Labute approximate surface area is 177 Å². The Morgan fingerprint density at radius 3 is 1.65 bits per heavy atom. The van der Waals surface area contributed by atoms with Gasteiger partial charge in [-0.05, 0) is 51.6 Å². The molecule has 0 unspecified atom stereocenters. The second-order valence-electron chi connectivity index (χ2n) is 5.73. The van der Waals surface area contributed by atoms with Gasteiger partial charge in [0.25, 0.3) is 0 Å². The molecular weight excluding hydrogens is 479 g/mol. The molecular formula is C24H12CuI. The van der Waals surface area contributed by atoms with E-state index in [1.165, 1.54) is 14.3 Å². The molecule has 0 heterocycles. The van der Waals surface area contributed by atoms with Crippen molar-refractivity contribution in [2.75, 3.05) is 0 Å². The van der Waals surface area contributed by atoms with Crippen LogP contribution in [0.3, 0.4) is 0 Å². The molecule has 0 spiro atoms. The molecule has 126 valence electrons. The number of hydrogen-bond donors (Lipinski definition) is 0. The van der Waals surface area contributed by atoms with Gasteiger partial charge in [0.2, 0.25) is 0 Å². The molecule has 0 fully saturated rings. The summed E-state index contributed by atoms with van der Waals surface area (Å²) in [6.45, 7) is 0. The Kier molecular flexibility index (Phi) is 5.70. The van der Waals surface area contributed by atoms with E-state index in [2.05, 4.69) is 70.7 Å². The molecule has 0 aliphatic carbocycles. The second-order valence-corrected chi connectivity index (χ2v) is 6.89. The summed E-state index contributed by atoms with van der Waals surface area (Å²) in [5, 5.41) is 4.46. The average molecular weight is 491 g/mol. The van der Waals surface area contributed by atoms with Crippen LogP contribution >= 0.6 is 22.6 Å². The Balaban J connectivity index is 0.00000196. The van der Waals surface area contributed by atoms with Crippen molar-refractivity contribution in [2.24, 2.45) is 0 Å². The van der Waals surface area contributed by atoms with Crippen molar-refractivity contribution in [1.29, 1.82) is 0 Å². The summed E-state index contributed by atoms with van der Waals surface area (Å²) in [6.07, 6.45) is 7.56. The Hall–Kier alpha value is -2.23. The van der Waals surface area contributed by atoms with E-state index in [4.69, 9.17) is 6.42 Å². The van der Waals surface area contributed by atoms with Crippen LogP contribution in [0.25, 0.3) is 21.5 Å². The van der Waals surface area contributed by atoms with Gasteiger partial charge in [0.1, 0.15) is 0 Å². The van der Waals surface area contributed by atoms with Crippen LogP contribution < -0.4 is 0 Å². The van der Waals surface area contributed by atoms with Gasteiger partial charge in [-0.3, -0.25) is 5.92 Å². The standard InChI is InChI=1S/C24H12I.Cu/c1-2-17-7-3-8-18-9-4-11-20(23(17)18)15-16-21-12-5-10-19-13-6-14-22(25)24(19)21;/h3-14H;/q-1;+1. The van der Waals surface area contributed by atoms with E-state index >= 15 is 0 Å². The van der Waals surface area contributed by atoms with E-state index in [0.29, 0.717) is 0 Å². The molecule has 0 atom stereocenters. The van der Waals surface area contributed by atoms with Gasteiger partial charge in [-0.15, -0.1) is 11.6 Å². The molecule has 0 nitrogen and oxygen atoms in total. The topological polar surface area (TPSA) is 0 Å². The molecule has 4 aromatic carbocycles. The monoisotopic (exact) mass is 490 g/mol. The maximum Gasteiger partial charge on any atom is 1.00 e. The van der Waals surface area contributed by atoms with Gasteiger partial charge in [-0.25, -0.2) is 0 Å². The van der Waals surface area contributed by atoms with Crippen LogP contribution in [0.2, 0.25) is 0 Å². The quantitative estimate of drug-likeness (QED) is 0.124. The van der Waals surface area contributed by atoms with E-state index in [-0.39, 0.29) is 17.1 Å². The molecule has 0 aromatic heterocycles. The number of benzene rings is 4. The van der Waals surface area contributed by atoms with Gasteiger partial charge in [-0.1, -0.05) is 65.8 Å². The Morgan fingerprint density at radius 2 is 1.08 bits per heavy atom. The first kappa shape index (κ1) is 18.6. The number of rotatable bonds is 0. The SMILES string of the molecule is [C-]#Cc1cccc2cccc(C#Cc3cccc4cccc(I)c34)c12.[Cu+]. The molecule has 0 bridgehead atoms. The van der Waals surface area contributed by atoms with Crippen LogP contribution in [-0.2, 0) is 17.1 Å². The fraction of sp³-hybridized carbons (Fsp3) is 0. The minimum absolute atomic E-state index is 0. The second kappa shape index (κ2) is 7.98. The Morgan fingerprint density at radius 1 is 0.615 bits per heavy atom. The molecule has 0 aliphatic rings. The van der Waals surface area contributed by atoms with Gasteiger partial charge < -0.3 is 6.42 Å². The van der Waals surface area contributed by atoms with Crippen molar-refractivity contribution >= 4 is 44.1 Å². The molecule has 0 N–H and O–H groups in total. The summed E-state index contributed by atoms with van der Waals surface area (Å²) in [7, 11) is 0. The smallest absolute Gasteiger partial charge is 0.366 e. The summed E-state index contributed by atoms with van der Waals surface area (Å²) in [5.74, 6) is 9.19. The maximum absolute atomic E-state index is 7.56. The first-order chi connectivity index (χ1) is 12.3. The molecule has 0 saturated carbocycles. The zero-order valence-corrected chi connectivity index (χ0v) is 16.7. The third-order valence-corrected chi connectivity index (χ3v) is 5.12. The number of hydrogen-bond acceptors (Lipinski definition) is 0. The molecule has 4 rings (SSSR count). The average Bonchev–Trinajstić information content (AvgIpc) is 2.65. The zero-order chi connectivity index (χ0) is 17.2. The zero-order valence-electron chi connectivity index (χ0n) is 13.6.